The first-order valence-electron chi connectivity index (χ1n) is 8.58. The summed E-state index contributed by atoms with van der Waals surface area (Å²) < 4.78 is 11.5. The zero-order chi connectivity index (χ0) is 20.4. The summed E-state index contributed by atoms with van der Waals surface area (Å²) in [6.45, 7) is 0. The average Bonchev–Trinajstić information content (AvgIpc) is 2.93. The predicted molar refractivity (Wildman–Crippen MR) is 110 cm³/mol. The minimum atomic E-state index is -0.641. The Hall–Kier alpha value is -3.28. The molecule has 3 aromatic rings. The lowest BCUT2D eigenvalue weighted by Crippen LogP contribution is -2.32. The zero-order valence-electron chi connectivity index (χ0n) is 14.8. The number of para-hydroxylation sites is 1. The van der Waals surface area contributed by atoms with Gasteiger partial charge in [-0.05, 0) is 48.5 Å². The van der Waals surface area contributed by atoms with Gasteiger partial charge in [0.1, 0.15) is 11.5 Å². The third-order valence-corrected chi connectivity index (χ3v) is 4.52. The highest BCUT2D eigenvalue weighted by Gasteiger charge is 2.43. The minimum Gasteiger partial charge on any atom is -0.447 e. The monoisotopic (exact) mass is 425 g/mol. The van der Waals surface area contributed by atoms with Crippen LogP contribution in [0.2, 0.25) is 10.0 Å². The summed E-state index contributed by atoms with van der Waals surface area (Å²) in [5.74, 6) is -1.15. The van der Waals surface area contributed by atoms with Crippen LogP contribution >= 0.6 is 23.2 Å². The van der Waals surface area contributed by atoms with Crippen LogP contribution in [0.5, 0.6) is 11.5 Å². The van der Waals surface area contributed by atoms with Crippen LogP contribution in [0.4, 0.5) is 5.69 Å². The molecular weight excluding hydrogens is 413 g/mol. The van der Waals surface area contributed by atoms with Crippen molar-refractivity contribution in [2.24, 2.45) is 0 Å². The molecule has 1 heterocycles. The molecule has 0 aromatic heterocycles. The van der Waals surface area contributed by atoms with Crippen LogP contribution in [0.1, 0.15) is 0 Å². The third kappa shape index (κ3) is 3.97. The van der Waals surface area contributed by atoms with Crippen LogP contribution in [0.3, 0.4) is 0 Å². The summed E-state index contributed by atoms with van der Waals surface area (Å²) in [4.78, 5) is 27.1. The second kappa shape index (κ2) is 7.99. The van der Waals surface area contributed by atoms with Crippen molar-refractivity contribution in [2.45, 2.75) is 0 Å². The largest absolute Gasteiger partial charge is 0.447 e. The molecule has 0 saturated heterocycles. The molecule has 1 aliphatic heterocycles. The number of carbonyl (C=O) groups is 2. The number of benzene rings is 3. The second-order valence-corrected chi connectivity index (χ2v) is 6.93. The maximum absolute atomic E-state index is 13.1. The molecule has 5 nitrogen and oxygen atoms in total. The lowest BCUT2D eigenvalue weighted by atomic mass is 10.3. The molecule has 3 aromatic carbocycles. The Bertz CT molecular complexity index is 1060. The van der Waals surface area contributed by atoms with Gasteiger partial charge in [-0.2, -0.15) is 0 Å². The molecule has 0 bridgehead atoms. The Kier molecular flexibility index (Phi) is 5.25. The van der Waals surface area contributed by atoms with Gasteiger partial charge in [0.05, 0.1) is 5.69 Å². The van der Waals surface area contributed by atoms with Gasteiger partial charge >= 0.3 is 11.8 Å². The van der Waals surface area contributed by atoms with E-state index in [4.69, 9.17) is 32.7 Å². The van der Waals surface area contributed by atoms with E-state index < -0.39 is 11.8 Å². The number of rotatable bonds is 5. The number of imide groups is 1. The standard InChI is InChI=1S/C22H13Cl2NO4/c23-14-6-4-10-17(12-14)28-19-20(29-18-11-5-7-15(24)13-18)22(27)25(21(19)26)16-8-2-1-3-9-16/h1-13H. The summed E-state index contributed by atoms with van der Waals surface area (Å²) in [5.41, 5.74) is 0.402. The van der Waals surface area contributed by atoms with Crippen LogP contribution in [0.25, 0.3) is 0 Å². The van der Waals surface area contributed by atoms with E-state index in [0.717, 1.165) is 4.90 Å². The summed E-state index contributed by atoms with van der Waals surface area (Å²) in [6.07, 6.45) is 0. The van der Waals surface area contributed by atoms with Crippen molar-refractivity contribution in [3.8, 4) is 11.5 Å². The fourth-order valence-electron chi connectivity index (χ4n) is 2.78. The van der Waals surface area contributed by atoms with Crippen LogP contribution in [-0.2, 0) is 9.59 Å². The van der Waals surface area contributed by atoms with Crippen molar-refractivity contribution < 1.29 is 19.1 Å². The molecule has 0 unspecified atom stereocenters. The average molecular weight is 426 g/mol. The lowest BCUT2D eigenvalue weighted by Gasteiger charge is -2.14. The van der Waals surface area contributed by atoms with Gasteiger partial charge in [0.15, 0.2) is 0 Å². The van der Waals surface area contributed by atoms with E-state index >= 15 is 0 Å². The highest BCUT2D eigenvalue weighted by molar-refractivity contribution is 6.32. The SMILES string of the molecule is O=C1C(Oc2cccc(Cl)c2)=C(Oc2cccc(Cl)c2)C(=O)N1c1ccccc1. The molecule has 0 fully saturated rings. The van der Waals surface area contributed by atoms with E-state index in [9.17, 15) is 9.59 Å². The third-order valence-electron chi connectivity index (χ3n) is 4.05. The van der Waals surface area contributed by atoms with Gasteiger partial charge in [0, 0.05) is 10.0 Å². The molecule has 0 atom stereocenters. The van der Waals surface area contributed by atoms with E-state index in [1.54, 1.807) is 66.7 Å². The second-order valence-electron chi connectivity index (χ2n) is 6.06. The van der Waals surface area contributed by atoms with Crippen LogP contribution in [0, 0.1) is 0 Å². The Morgan fingerprint density at radius 2 is 1.10 bits per heavy atom. The molecule has 29 heavy (non-hydrogen) atoms. The number of halogens is 2. The lowest BCUT2D eigenvalue weighted by molar-refractivity contribution is -0.121. The van der Waals surface area contributed by atoms with Crippen molar-refractivity contribution in [3.63, 3.8) is 0 Å². The minimum absolute atomic E-state index is 0.235. The molecule has 144 valence electrons. The van der Waals surface area contributed by atoms with Gasteiger partial charge < -0.3 is 9.47 Å². The number of hydrogen-bond donors (Lipinski definition) is 0. The number of anilines is 1. The maximum atomic E-state index is 13.1. The van der Waals surface area contributed by atoms with Crippen LogP contribution in [0.15, 0.2) is 90.4 Å². The molecule has 0 radical (unpaired) electrons. The van der Waals surface area contributed by atoms with Crippen LogP contribution in [-0.4, -0.2) is 11.8 Å². The van der Waals surface area contributed by atoms with Gasteiger partial charge in [-0.3, -0.25) is 9.59 Å². The van der Waals surface area contributed by atoms with Crippen molar-refractivity contribution in [1.82, 2.24) is 0 Å². The number of amides is 2. The molecule has 0 saturated carbocycles. The number of hydrogen-bond acceptors (Lipinski definition) is 4. The first kappa shape index (κ1) is 19.1. The summed E-state index contributed by atoms with van der Waals surface area (Å²) in [5, 5.41) is 0.856. The van der Waals surface area contributed by atoms with E-state index in [1.165, 1.54) is 12.1 Å². The van der Waals surface area contributed by atoms with Crippen molar-refractivity contribution >= 4 is 40.7 Å². The highest BCUT2D eigenvalue weighted by Crippen LogP contribution is 2.32. The fraction of sp³-hybridized carbons (Fsp3) is 0. The Balaban J connectivity index is 1.76. The number of carbonyl (C=O) groups excluding carboxylic acids is 2. The normalized spacial score (nSPS) is 13.8. The van der Waals surface area contributed by atoms with Gasteiger partial charge in [-0.25, -0.2) is 4.90 Å². The molecule has 7 heteroatoms. The molecular formula is C22H13Cl2NO4. The molecule has 0 spiro atoms. The topological polar surface area (TPSA) is 55.8 Å². The first-order chi connectivity index (χ1) is 14.0. The van der Waals surface area contributed by atoms with Gasteiger partial charge in [0.2, 0.25) is 11.5 Å². The first-order valence-corrected chi connectivity index (χ1v) is 9.33. The molecule has 4 rings (SSSR count). The van der Waals surface area contributed by atoms with E-state index in [2.05, 4.69) is 0 Å². The van der Waals surface area contributed by atoms with E-state index in [-0.39, 0.29) is 11.5 Å². The maximum Gasteiger partial charge on any atom is 0.305 e. The van der Waals surface area contributed by atoms with Gasteiger partial charge in [-0.15, -0.1) is 0 Å². The predicted octanol–water partition coefficient (Wildman–Crippen LogP) is 5.24. The summed E-state index contributed by atoms with van der Waals surface area (Å²) in [6, 6.07) is 21.5. The summed E-state index contributed by atoms with van der Waals surface area (Å²) in [7, 11) is 0. The highest BCUT2D eigenvalue weighted by atomic mass is 35.5. The van der Waals surface area contributed by atoms with E-state index in [0.29, 0.717) is 27.2 Å². The number of nitrogens with zero attached hydrogens (tertiary/aromatic N) is 1. The van der Waals surface area contributed by atoms with E-state index in [1.807, 2.05) is 0 Å². The van der Waals surface area contributed by atoms with Gasteiger partial charge in [-0.1, -0.05) is 53.5 Å². The Morgan fingerprint density at radius 1 is 0.621 bits per heavy atom. The molecule has 0 N–H and O–H groups in total. The van der Waals surface area contributed by atoms with Gasteiger partial charge in [0.25, 0.3) is 0 Å². The van der Waals surface area contributed by atoms with Crippen molar-refractivity contribution in [1.29, 1.82) is 0 Å². The zero-order valence-corrected chi connectivity index (χ0v) is 16.4. The fourth-order valence-corrected chi connectivity index (χ4v) is 3.14. The Labute approximate surface area is 176 Å². The molecule has 2 amide bonds. The quantitative estimate of drug-likeness (QED) is 0.524. The molecule has 1 aliphatic rings. The number of ether oxygens (including phenoxy) is 2. The molecule has 0 aliphatic carbocycles. The van der Waals surface area contributed by atoms with Crippen molar-refractivity contribution in [3.05, 3.63) is 100 Å². The smallest absolute Gasteiger partial charge is 0.305 e. The van der Waals surface area contributed by atoms with Crippen molar-refractivity contribution in [2.75, 3.05) is 4.90 Å². The Morgan fingerprint density at radius 3 is 1.55 bits per heavy atom. The van der Waals surface area contributed by atoms with Crippen LogP contribution < -0.4 is 14.4 Å². The summed E-state index contributed by atoms with van der Waals surface area (Å²) >= 11 is 12.0.